The molecule has 2 aromatic carbocycles. The topological polar surface area (TPSA) is 12.0 Å². The van der Waals surface area contributed by atoms with Gasteiger partial charge in [0.05, 0.1) is 0 Å². The van der Waals surface area contributed by atoms with E-state index < -0.39 is 0 Å². The average molecular weight is 257 g/mol. The summed E-state index contributed by atoms with van der Waals surface area (Å²) in [5, 5.41) is 3.30. The summed E-state index contributed by atoms with van der Waals surface area (Å²) in [4.78, 5) is 0. The molecular formula is C17H20FN. The van der Waals surface area contributed by atoms with Crippen molar-refractivity contribution in [2.24, 2.45) is 0 Å². The highest BCUT2D eigenvalue weighted by Crippen LogP contribution is 2.30. The Morgan fingerprint density at radius 3 is 2.53 bits per heavy atom. The number of aryl methyl sites for hydroxylation is 2. The van der Waals surface area contributed by atoms with Crippen LogP contribution in [-0.4, -0.2) is 6.54 Å². The van der Waals surface area contributed by atoms with E-state index in [4.69, 9.17) is 0 Å². The zero-order valence-corrected chi connectivity index (χ0v) is 11.8. The Kier molecular flexibility index (Phi) is 4.33. The number of benzene rings is 2. The SMILES string of the molecule is CCNCc1ccccc1-c1c(C)cc(C)cc1F. The quantitative estimate of drug-likeness (QED) is 0.864. The van der Waals surface area contributed by atoms with Crippen molar-refractivity contribution in [2.75, 3.05) is 6.54 Å². The van der Waals surface area contributed by atoms with E-state index in [1.54, 1.807) is 6.07 Å². The molecule has 2 heteroatoms. The van der Waals surface area contributed by atoms with E-state index in [1.165, 1.54) is 0 Å². The summed E-state index contributed by atoms with van der Waals surface area (Å²) in [5.41, 5.74) is 4.79. The van der Waals surface area contributed by atoms with Crippen LogP contribution in [0.2, 0.25) is 0 Å². The van der Waals surface area contributed by atoms with Crippen LogP contribution in [-0.2, 0) is 6.54 Å². The molecule has 0 atom stereocenters. The Morgan fingerprint density at radius 1 is 1.11 bits per heavy atom. The molecular weight excluding hydrogens is 237 g/mol. The maximum atomic E-state index is 14.3. The van der Waals surface area contributed by atoms with Crippen molar-refractivity contribution in [3.8, 4) is 11.1 Å². The number of nitrogens with one attached hydrogen (secondary N) is 1. The highest BCUT2D eigenvalue weighted by Gasteiger charge is 2.12. The minimum atomic E-state index is -0.138. The van der Waals surface area contributed by atoms with Gasteiger partial charge in [0.2, 0.25) is 0 Å². The van der Waals surface area contributed by atoms with Gasteiger partial charge in [-0.05, 0) is 48.7 Å². The Morgan fingerprint density at radius 2 is 1.84 bits per heavy atom. The molecule has 0 unspecified atom stereocenters. The number of hydrogen-bond donors (Lipinski definition) is 1. The van der Waals surface area contributed by atoms with E-state index in [2.05, 4.69) is 18.3 Å². The summed E-state index contributed by atoms with van der Waals surface area (Å²) in [6, 6.07) is 11.6. The van der Waals surface area contributed by atoms with Crippen molar-refractivity contribution in [2.45, 2.75) is 27.3 Å². The second kappa shape index (κ2) is 5.98. The van der Waals surface area contributed by atoms with Crippen molar-refractivity contribution in [3.05, 3.63) is 58.9 Å². The third-order valence-corrected chi connectivity index (χ3v) is 3.28. The molecule has 0 saturated carbocycles. The smallest absolute Gasteiger partial charge is 0.131 e. The standard InChI is InChI=1S/C17H20FN/c1-4-19-11-14-7-5-6-8-15(14)17-13(3)9-12(2)10-16(17)18/h5-10,19H,4,11H2,1-3H3. The first-order chi connectivity index (χ1) is 9.13. The Bertz CT molecular complexity index is 552. The van der Waals surface area contributed by atoms with Crippen molar-refractivity contribution in [1.82, 2.24) is 5.32 Å². The van der Waals surface area contributed by atoms with Crippen molar-refractivity contribution in [1.29, 1.82) is 0 Å². The molecule has 0 radical (unpaired) electrons. The Hall–Kier alpha value is -1.67. The van der Waals surface area contributed by atoms with Gasteiger partial charge >= 0.3 is 0 Å². The van der Waals surface area contributed by atoms with E-state index >= 15 is 0 Å². The van der Waals surface area contributed by atoms with Gasteiger partial charge in [-0.15, -0.1) is 0 Å². The highest BCUT2D eigenvalue weighted by atomic mass is 19.1. The van der Waals surface area contributed by atoms with Crippen LogP contribution in [0.4, 0.5) is 4.39 Å². The molecule has 19 heavy (non-hydrogen) atoms. The Balaban J connectivity index is 2.53. The van der Waals surface area contributed by atoms with Gasteiger partial charge in [-0.25, -0.2) is 4.39 Å². The van der Waals surface area contributed by atoms with E-state index in [0.29, 0.717) is 0 Å². The number of hydrogen-bond acceptors (Lipinski definition) is 1. The van der Waals surface area contributed by atoms with Gasteiger partial charge in [0.1, 0.15) is 5.82 Å². The molecule has 1 N–H and O–H groups in total. The van der Waals surface area contributed by atoms with Gasteiger partial charge in [0, 0.05) is 12.1 Å². The fourth-order valence-electron chi connectivity index (χ4n) is 2.43. The second-order valence-electron chi connectivity index (χ2n) is 4.88. The van der Waals surface area contributed by atoms with Crippen LogP contribution in [0.3, 0.4) is 0 Å². The summed E-state index contributed by atoms with van der Waals surface area (Å²) in [7, 11) is 0. The second-order valence-corrected chi connectivity index (χ2v) is 4.88. The van der Waals surface area contributed by atoms with Crippen LogP contribution in [0.25, 0.3) is 11.1 Å². The monoisotopic (exact) mass is 257 g/mol. The van der Waals surface area contributed by atoms with Crippen LogP contribution in [0, 0.1) is 19.7 Å². The van der Waals surface area contributed by atoms with Crippen molar-refractivity contribution < 1.29 is 4.39 Å². The maximum Gasteiger partial charge on any atom is 0.131 e. The lowest BCUT2D eigenvalue weighted by atomic mass is 9.94. The van der Waals surface area contributed by atoms with Crippen LogP contribution < -0.4 is 5.32 Å². The lowest BCUT2D eigenvalue weighted by Gasteiger charge is -2.14. The van der Waals surface area contributed by atoms with Gasteiger partial charge in [-0.3, -0.25) is 0 Å². The van der Waals surface area contributed by atoms with Gasteiger partial charge in [-0.2, -0.15) is 0 Å². The summed E-state index contributed by atoms with van der Waals surface area (Å²) in [6.07, 6.45) is 0. The molecule has 100 valence electrons. The predicted octanol–water partition coefficient (Wildman–Crippen LogP) is 4.22. The third kappa shape index (κ3) is 3.02. The summed E-state index contributed by atoms with van der Waals surface area (Å²) in [6.45, 7) is 7.63. The maximum absolute atomic E-state index is 14.3. The normalized spacial score (nSPS) is 10.7. The van der Waals surface area contributed by atoms with Gasteiger partial charge < -0.3 is 5.32 Å². The van der Waals surface area contributed by atoms with Gasteiger partial charge in [0.25, 0.3) is 0 Å². The van der Waals surface area contributed by atoms with E-state index in [9.17, 15) is 4.39 Å². The molecule has 2 rings (SSSR count). The van der Waals surface area contributed by atoms with Crippen molar-refractivity contribution in [3.63, 3.8) is 0 Å². The number of rotatable bonds is 4. The summed E-state index contributed by atoms with van der Waals surface area (Å²) < 4.78 is 14.3. The molecule has 0 fully saturated rings. The molecule has 1 nitrogen and oxygen atoms in total. The zero-order chi connectivity index (χ0) is 13.8. The molecule has 0 aromatic heterocycles. The first kappa shape index (κ1) is 13.8. The van der Waals surface area contributed by atoms with E-state index in [-0.39, 0.29) is 5.82 Å². The molecule has 0 heterocycles. The molecule has 0 aliphatic carbocycles. The average Bonchev–Trinajstić information content (AvgIpc) is 2.36. The molecule has 0 spiro atoms. The fraction of sp³-hybridized carbons (Fsp3) is 0.294. The highest BCUT2D eigenvalue weighted by molar-refractivity contribution is 5.71. The summed E-state index contributed by atoms with van der Waals surface area (Å²) in [5.74, 6) is -0.138. The van der Waals surface area contributed by atoms with Crippen molar-refractivity contribution >= 4 is 0 Å². The minimum Gasteiger partial charge on any atom is -0.313 e. The molecule has 2 aromatic rings. The predicted molar refractivity (Wildman–Crippen MR) is 78.7 cm³/mol. The molecule has 0 aliphatic rings. The van der Waals surface area contributed by atoms with Crippen LogP contribution in [0.5, 0.6) is 0 Å². The Labute approximate surface area is 114 Å². The lowest BCUT2D eigenvalue weighted by molar-refractivity contribution is 0.628. The third-order valence-electron chi connectivity index (χ3n) is 3.28. The van der Waals surface area contributed by atoms with Gasteiger partial charge in [-0.1, -0.05) is 37.3 Å². The molecule has 0 aliphatic heterocycles. The largest absolute Gasteiger partial charge is 0.313 e. The van der Waals surface area contributed by atoms with Crippen LogP contribution >= 0.6 is 0 Å². The van der Waals surface area contributed by atoms with Gasteiger partial charge in [0.15, 0.2) is 0 Å². The molecule has 0 amide bonds. The van der Waals surface area contributed by atoms with E-state index in [0.717, 1.165) is 40.9 Å². The molecule has 0 saturated heterocycles. The lowest BCUT2D eigenvalue weighted by Crippen LogP contribution is -2.12. The first-order valence-electron chi connectivity index (χ1n) is 6.69. The summed E-state index contributed by atoms with van der Waals surface area (Å²) >= 11 is 0. The van der Waals surface area contributed by atoms with Crippen LogP contribution in [0.1, 0.15) is 23.6 Å². The molecule has 0 bridgehead atoms. The minimum absolute atomic E-state index is 0.138. The zero-order valence-electron chi connectivity index (χ0n) is 11.8. The first-order valence-corrected chi connectivity index (χ1v) is 6.69. The number of halogens is 1. The fourth-order valence-corrected chi connectivity index (χ4v) is 2.43. The van der Waals surface area contributed by atoms with E-state index in [1.807, 2.05) is 38.1 Å². The van der Waals surface area contributed by atoms with Crippen LogP contribution in [0.15, 0.2) is 36.4 Å².